The first-order valence-electron chi connectivity index (χ1n) is 11.0. The maximum absolute atomic E-state index is 13.3. The quantitative estimate of drug-likeness (QED) is 0.736. The van der Waals surface area contributed by atoms with Crippen LogP contribution >= 0.6 is 0 Å². The van der Waals surface area contributed by atoms with Crippen LogP contribution in [0.2, 0.25) is 0 Å². The minimum absolute atomic E-state index is 0.00158. The molecule has 0 saturated heterocycles. The SMILES string of the molecule is CN1C(=O)NC(c2ccc(C(C)(C)C)cc2)C2=C1CN(CC(=O)NCc1ccccn1)C2=O. The predicted octanol–water partition coefficient (Wildman–Crippen LogP) is 2.49. The number of nitrogens with zero attached hydrogens (tertiary/aromatic N) is 3. The van der Waals surface area contributed by atoms with Gasteiger partial charge in [0.1, 0.15) is 6.54 Å². The second-order valence-electron chi connectivity index (χ2n) is 9.43. The Bertz CT molecular complexity index is 1100. The maximum atomic E-state index is 13.3. The summed E-state index contributed by atoms with van der Waals surface area (Å²) in [6.07, 6.45) is 1.66. The van der Waals surface area contributed by atoms with E-state index in [1.165, 1.54) is 15.4 Å². The molecule has 2 aromatic rings. The zero-order chi connectivity index (χ0) is 23.8. The second-order valence-corrected chi connectivity index (χ2v) is 9.43. The minimum atomic E-state index is -0.549. The van der Waals surface area contributed by atoms with Crippen LogP contribution in [0.1, 0.15) is 43.6 Å². The monoisotopic (exact) mass is 447 g/mol. The first-order valence-corrected chi connectivity index (χ1v) is 11.0. The standard InChI is InChI=1S/C25H29N5O3/c1-25(2,3)17-10-8-16(9-11-17)22-21-19(29(4)24(33)28-22)14-30(23(21)32)15-20(31)27-13-18-7-5-6-12-26-18/h5-12,22H,13-15H2,1-4H3,(H,27,31)(H,28,33). The molecule has 1 unspecified atom stereocenters. The third-order valence-electron chi connectivity index (χ3n) is 6.07. The number of rotatable bonds is 5. The Morgan fingerprint density at radius 3 is 2.52 bits per heavy atom. The molecule has 4 rings (SSSR count). The summed E-state index contributed by atoms with van der Waals surface area (Å²) in [4.78, 5) is 45.5. The van der Waals surface area contributed by atoms with Gasteiger partial charge in [-0.25, -0.2) is 4.79 Å². The number of hydrogen-bond acceptors (Lipinski definition) is 4. The van der Waals surface area contributed by atoms with Gasteiger partial charge >= 0.3 is 6.03 Å². The number of nitrogens with one attached hydrogen (secondary N) is 2. The van der Waals surface area contributed by atoms with Crippen LogP contribution in [0.5, 0.6) is 0 Å². The van der Waals surface area contributed by atoms with Crippen molar-refractivity contribution in [2.45, 2.75) is 38.8 Å². The Morgan fingerprint density at radius 1 is 1.15 bits per heavy atom. The molecule has 2 aliphatic heterocycles. The van der Waals surface area contributed by atoms with E-state index in [2.05, 4.69) is 36.4 Å². The van der Waals surface area contributed by atoms with Gasteiger partial charge in [-0.2, -0.15) is 0 Å². The average molecular weight is 448 g/mol. The lowest BCUT2D eigenvalue weighted by atomic mass is 9.85. The van der Waals surface area contributed by atoms with E-state index in [4.69, 9.17) is 0 Å². The molecule has 1 atom stereocenters. The van der Waals surface area contributed by atoms with E-state index in [9.17, 15) is 14.4 Å². The van der Waals surface area contributed by atoms with Crippen molar-refractivity contribution in [1.82, 2.24) is 25.4 Å². The van der Waals surface area contributed by atoms with Crippen molar-refractivity contribution in [3.05, 3.63) is 76.8 Å². The number of aromatic nitrogens is 1. The third-order valence-corrected chi connectivity index (χ3v) is 6.07. The van der Waals surface area contributed by atoms with Crippen molar-refractivity contribution >= 4 is 17.8 Å². The number of carbonyl (C=O) groups excluding carboxylic acids is 3. The van der Waals surface area contributed by atoms with E-state index < -0.39 is 6.04 Å². The van der Waals surface area contributed by atoms with E-state index in [0.717, 1.165) is 11.3 Å². The number of hydrogen-bond donors (Lipinski definition) is 2. The Hall–Kier alpha value is -3.68. The molecule has 0 aliphatic carbocycles. The van der Waals surface area contributed by atoms with Crippen LogP contribution in [0.3, 0.4) is 0 Å². The Labute approximate surface area is 193 Å². The lowest BCUT2D eigenvalue weighted by Gasteiger charge is -2.31. The average Bonchev–Trinajstić information content (AvgIpc) is 3.11. The van der Waals surface area contributed by atoms with E-state index >= 15 is 0 Å². The van der Waals surface area contributed by atoms with Crippen molar-refractivity contribution in [2.24, 2.45) is 0 Å². The van der Waals surface area contributed by atoms with Gasteiger partial charge in [0.25, 0.3) is 5.91 Å². The fourth-order valence-electron chi connectivity index (χ4n) is 4.10. The van der Waals surface area contributed by atoms with Gasteiger partial charge in [0.2, 0.25) is 5.91 Å². The largest absolute Gasteiger partial charge is 0.349 e. The highest BCUT2D eigenvalue weighted by atomic mass is 16.2. The molecule has 3 heterocycles. The fourth-order valence-corrected chi connectivity index (χ4v) is 4.10. The van der Waals surface area contributed by atoms with Crippen molar-refractivity contribution in [2.75, 3.05) is 20.1 Å². The lowest BCUT2D eigenvalue weighted by molar-refractivity contribution is -0.132. The zero-order valence-corrected chi connectivity index (χ0v) is 19.4. The first kappa shape index (κ1) is 22.5. The number of pyridine rings is 1. The van der Waals surface area contributed by atoms with Gasteiger partial charge in [-0.1, -0.05) is 51.1 Å². The van der Waals surface area contributed by atoms with Gasteiger partial charge in [-0.05, 0) is 28.7 Å². The number of carbonyl (C=O) groups is 3. The highest BCUT2D eigenvalue weighted by Gasteiger charge is 2.43. The van der Waals surface area contributed by atoms with Gasteiger partial charge in [0.05, 0.1) is 36.1 Å². The van der Waals surface area contributed by atoms with Crippen LogP contribution in [0, 0.1) is 0 Å². The zero-order valence-electron chi connectivity index (χ0n) is 19.4. The van der Waals surface area contributed by atoms with Crippen LogP contribution in [0.25, 0.3) is 0 Å². The van der Waals surface area contributed by atoms with Gasteiger partial charge in [0, 0.05) is 13.2 Å². The lowest BCUT2D eigenvalue weighted by Crippen LogP contribution is -2.45. The van der Waals surface area contributed by atoms with Crippen LogP contribution < -0.4 is 10.6 Å². The molecule has 0 saturated carbocycles. The molecule has 8 heteroatoms. The van der Waals surface area contributed by atoms with Crippen LogP contribution in [0.4, 0.5) is 4.79 Å². The third kappa shape index (κ3) is 4.60. The molecule has 0 spiro atoms. The summed E-state index contributed by atoms with van der Waals surface area (Å²) in [5.74, 6) is -0.517. The highest BCUT2D eigenvalue weighted by molar-refractivity contribution is 6.02. The Kier molecular flexibility index (Phi) is 5.93. The smallest absolute Gasteiger partial charge is 0.322 e. The summed E-state index contributed by atoms with van der Waals surface area (Å²) in [6.45, 7) is 6.82. The molecular formula is C25H29N5O3. The second kappa shape index (κ2) is 8.69. The Balaban J connectivity index is 1.50. The molecule has 2 aliphatic rings. The number of amides is 4. The summed E-state index contributed by atoms with van der Waals surface area (Å²) in [5, 5.41) is 5.74. The van der Waals surface area contributed by atoms with Gasteiger partial charge in [-0.15, -0.1) is 0 Å². The predicted molar refractivity (Wildman–Crippen MR) is 124 cm³/mol. The topological polar surface area (TPSA) is 94.6 Å². The fraction of sp³-hybridized carbons (Fsp3) is 0.360. The molecule has 0 fully saturated rings. The van der Waals surface area contributed by atoms with Gasteiger partial charge in [-0.3, -0.25) is 19.5 Å². The van der Waals surface area contributed by atoms with E-state index in [0.29, 0.717) is 11.3 Å². The van der Waals surface area contributed by atoms with Gasteiger partial charge in [0.15, 0.2) is 0 Å². The summed E-state index contributed by atoms with van der Waals surface area (Å²) in [7, 11) is 1.64. The molecular weight excluding hydrogens is 418 g/mol. The van der Waals surface area contributed by atoms with Crippen molar-refractivity contribution in [1.29, 1.82) is 0 Å². The summed E-state index contributed by atoms with van der Waals surface area (Å²) < 4.78 is 0. The normalized spacial score (nSPS) is 18.4. The van der Waals surface area contributed by atoms with Crippen LogP contribution in [-0.2, 0) is 21.5 Å². The minimum Gasteiger partial charge on any atom is -0.349 e. The van der Waals surface area contributed by atoms with E-state index in [-0.39, 0.29) is 42.9 Å². The van der Waals surface area contributed by atoms with Gasteiger partial charge < -0.3 is 15.5 Å². The van der Waals surface area contributed by atoms with Crippen molar-refractivity contribution < 1.29 is 14.4 Å². The number of urea groups is 1. The van der Waals surface area contributed by atoms with Crippen LogP contribution in [-0.4, -0.2) is 52.8 Å². The Morgan fingerprint density at radius 2 is 1.88 bits per heavy atom. The molecule has 0 radical (unpaired) electrons. The molecule has 172 valence electrons. The molecule has 4 amide bonds. The summed E-state index contributed by atoms with van der Waals surface area (Å²) in [5.41, 5.74) is 3.89. The first-order chi connectivity index (χ1) is 15.6. The van der Waals surface area contributed by atoms with E-state index in [1.54, 1.807) is 13.2 Å². The highest BCUT2D eigenvalue weighted by Crippen LogP contribution is 2.36. The molecule has 2 N–H and O–H groups in total. The molecule has 8 nitrogen and oxygen atoms in total. The van der Waals surface area contributed by atoms with Crippen LogP contribution in [0.15, 0.2) is 59.9 Å². The molecule has 33 heavy (non-hydrogen) atoms. The molecule has 1 aromatic heterocycles. The molecule has 0 bridgehead atoms. The molecule has 1 aromatic carbocycles. The maximum Gasteiger partial charge on any atom is 0.322 e. The number of benzene rings is 1. The number of likely N-dealkylation sites (N-methyl/N-ethyl adjacent to an activating group) is 1. The summed E-state index contributed by atoms with van der Waals surface area (Å²) in [6, 6.07) is 12.6. The van der Waals surface area contributed by atoms with Crippen molar-refractivity contribution in [3.8, 4) is 0 Å². The summed E-state index contributed by atoms with van der Waals surface area (Å²) >= 11 is 0. The van der Waals surface area contributed by atoms with Crippen molar-refractivity contribution in [3.63, 3.8) is 0 Å². The van der Waals surface area contributed by atoms with E-state index in [1.807, 2.05) is 42.5 Å².